The van der Waals surface area contributed by atoms with Gasteiger partial charge in [-0.3, -0.25) is 15.1 Å². The number of hydrazine groups is 1. The topological polar surface area (TPSA) is 58.4 Å². The molecule has 1 fully saturated rings. The average Bonchev–Trinajstić information content (AvgIpc) is 2.38. The Morgan fingerprint density at radius 1 is 1.35 bits per heavy atom. The number of amides is 1. The van der Waals surface area contributed by atoms with Crippen LogP contribution in [-0.4, -0.2) is 29.4 Å². The van der Waals surface area contributed by atoms with E-state index < -0.39 is 0 Å². The third kappa shape index (κ3) is 3.68. The van der Waals surface area contributed by atoms with E-state index >= 15 is 0 Å². The minimum atomic E-state index is -0.0632. The van der Waals surface area contributed by atoms with Gasteiger partial charge in [-0.25, -0.2) is 5.84 Å². The number of nitrogens with one attached hydrogen (secondary N) is 1. The SMILES string of the molecule is CCN(C1CCCCC1)C(C)C(C)C(=O)NN. The van der Waals surface area contributed by atoms with E-state index in [-0.39, 0.29) is 17.9 Å². The number of carbonyl (C=O) groups is 1. The lowest BCUT2D eigenvalue weighted by molar-refractivity contribution is -0.126. The van der Waals surface area contributed by atoms with Gasteiger partial charge in [0.2, 0.25) is 5.91 Å². The first-order chi connectivity index (χ1) is 8.11. The second kappa shape index (κ2) is 6.97. The van der Waals surface area contributed by atoms with E-state index in [4.69, 9.17) is 5.84 Å². The second-order valence-electron chi connectivity index (χ2n) is 5.16. The molecule has 0 heterocycles. The molecule has 0 saturated heterocycles. The molecule has 1 amide bonds. The van der Waals surface area contributed by atoms with Crippen molar-refractivity contribution in [2.75, 3.05) is 6.54 Å². The van der Waals surface area contributed by atoms with Crippen LogP contribution in [0.5, 0.6) is 0 Å². The molecule has 3 N–H and O–H groups in total. The summed E-state index contributed by atoms with van der Waals surface area (Å²) in [6.07, 6.45) is 6.56. The van der Waals surface area contributed by atoms with E-state index in [1.54, 1.807) is 0 Å². The maximum absolute atomic E-state index is 11.6. The zero-order valence-corrected chi connectivity index (χ0v) is 11.4. The first kappa shape index (κ1) is 14.5. The maximum Gasteiger partial charge on any atom is 0.238 e. The van der Waals surface area contributed by atoms with Crippen LogP contribution in [0.25, 0.3) is 0 Å². The third-order valence-corrected chi connectivity index (χ3v) is 4.21. The number of nitrogens with zero attached hydrogens (tertiary/aromatic N) is 1. The zero-order valence-electron chi connectivity index (χ0n) is 11.4. The van der Waals surface area contributed by atoms with Gasteiger partial charge in [-0.15, -0.1) is 0 Å². The van der Waals surface area contributed by atoms with Crippen molar-refractivity contribution in [2.45, 2.75) is 65.0 Å². The monoisotopic (exact) mass is 241 g/mol. The molecule has 4 heteroatoms. The summed E-state index contributed by atoms with van der Waals surface area (Å²) in [5.74, 6) is 5.10. The molecule has 2 atom stereocenters. The van der Waals surface area contributed by atoms with Crippen molar-refractivity contribution in [1.29, 1.82) is 0 Å². The first-order valence-corrected chi connectivity index (χ1v) is 6.88. The number of carbonyl (C=O) groups excluding carboxylic acids is 1. The predicted molar refractivity (Wildman–Crippen MR) is 70.2 cm³/mol. The van der Waals surface area contributed by atoms with E-state index in [1.165, 1.54) is 32.1 Å². The molecule has 0 aromatic carbocycles. The van der Waals surface area contributed by atoms with Crippen molar-refractivity contribution in [3.05, 3.63) is 0 Å². The highest BCUT2D eigenvalue weighted by Crippen LogP contribution is 2.26. The molecular formula is C13H27N3O. The Bertz CT molecular complexity index is 239. The summed E-state index contributed by atoms with van der Waals surface area (Å²) in [6.45, 7) is 7.28. The summed E-state index contributed by atoms with van der Waals surface area (Å²) >= 11 is 0. The third-order valence-electron chi connectivity index (χ3n) is 4.21. The lowest BCUT2D eigenvalue weighted by atomic mass is 9.91. The van der Waals surface area contributed by atoms with Crippen molar-refractivity contribution >= 4 is 5.91 Å². The molecule has 1 aliphatic rings. The standard InChI is InChI=1S/C13H27N3O/c1-4-16(12-8-6-5-7-9-12)11(3)10(2)13(17)15-14/h10-12H,4-9,14H2,1-3H3,(H,15,17). The van der Waals surface area contributed by atoms with Crippen molar-refractivity contribution in [1.82, 2.24) is 10.3 Å². The fourth-order valence-electron chi connectivity index (χ4n) is 2.93. The van der Waals surface area contributed by atoms with Crippen LogP contribution in [0.2, 0.25) is 0 Å². The normalized spacial score (nSPS) is 21.2. The molecule has 0 spiro atoms. The molecule has 100 valence electrons. The summed E-state index contributed by atoms with van der Waals surface area (Å²) in [6, 6.07) is 0.906. The molecule has 4 nitrogen and oxygen atoms in total. The lowest BCUT2D eigenvalue weighted by Crippen LogP contribution is -2.50. The molecule has 0 bridgehead atoms. The van der Waals surface area contributed by atoms with E-state index in [0.29, 0.717) is 6.04 Å². The molecule has 17 heavy (non-hydrogen) atoms. The van der Waals surface area contributed by atoms with Gasteiger partial charge in [0.1, 0.15) is 0 Å². The Morgan fingerprint density at radius 2 is 1.94 bits per heavy atom. The molecule has 1 aliphatic carbocycles. The van der Waals surface area contributed by atoms with Gasteiger partial charge in [-0.2, -0.15) is 0 Å². The van der Waals surface area contributed by atoms with Gasteiger partial charge < -0.3 is 0 Å². The summed E-state index contributed by atoms with van der Waals surface area (Å²) in [5, 5.41) is 0. The van der Waals surface area contributed by atoms with Gasteiger partial charge >= 0.3 is 0 Å². The number of nitrogens with two attached hydrogens (primary N) is 1. The van der Waals surface area contributed by atoms with Crippen LogP contribution in [0.3, 0.4) is 0 Å². The van der Waals surface area contributed by atoms with Gasteiger partial charge in [0.15, 0.2) is 0 Å². The summed E-state index contributed by atoms with van der Waals surface area (Å²) in [7, 11) is 0. The summed E-state index contributed by atoms with van der Waals surface area (Å²) in [5.41, 5.74) is 2.26. The number of hydrogen-bond acceptors (Lipinski definition) is 3. The van der Waals surface area contributed by atoms with Gasteiger partial charge in [0.05, 0.1) is 5.92 Å². The van der Waals surface area contributed by atoms with Gasteiger partial charge in [-0.1, -0.05) is 33.1 Å². The number of rotatable bonds is 5. The number of hydrogen-bond donors (Lipinski definition) is 2. The molecule has 0 aromatic heterocycles. The van der Waals surface area contributed by atoms with E-state index in [1.807, 2.05) is 6.92 Å². The minimum Gasteiger partial charge on any atom is -0.297 e. The summed E-state index contributed by atoms with van der Waals surface area (Å²) < 4.78 is 0. The van der Waals surface area contributed by atoms with Crippen LogP contribution >= 0.6 is 0 Å². The second-order valence-corrected chi connectivity index (χ2v) is 5.16. The first-order valence-electron chi connectivity index (χ1n) is 6.88. The Labute approximate surface area is 105 Å². The molecule has 2 unspecified atom stereocenters. The van der Waals surface area contributed by atoms with E-state index in [9.17, 15) is 4.79 Å². The smallest absolute Gasteiger partial charge is 0.238 e. The van der Waals surface area contributed by atoms with Crippen LogP contribution in [0.1, 0.15) is 52.9 Å². The zero-order chi connectivity index (χ0) is 12.8. The molecule has 1 rings (SSSR count). The molecule has 0 radical (unpaired) electrons. The molecular weight excluding hydrogens is 214 g/mol. The fourth-order valence-corrected chi connectivity index (χ4v) is 2.93. The summed E-state index contributed by atoms with van der Waals surface area (Å²) in [4.78, 5) is 14.1. The van der Waals surface area contributed by atoms with Gasteiger partial charge in [-0.05, 0) is 26.3 Å². The van der Waals surface area contributed by atoms with E-state index in [0.717, 1.165) is 6.54 Å². The van der Waals surface area contributed by atoms with Crippen LogP contribution in [0, 0.1) is 5.92 Å². The Balaban J connectivity index is 2.61. The maximum atomic E-state index is 11.6. The van der Waals surface area contributed by atoms with Crippen LogP contribution in [0.15, 0.2) is 0 Å². The predicted octanol–water partition coefficient (Wildman–Crippen LogP) is 1.66. The Hall–Kier alpha value is -0.610. The van der Waals surface area contributed by atoms with Crippen molar-refractivity contribution < 1.29 is 4.79 Å². The van der Waals surface area contributed by atoms with Gasteiger partial charge in [0, 0.05) is 12.1 Å². The fraction of sp³-hybridized carbons (Fsp3) is 0.923. The van der Waals surface area contributed by atoms with Crippen molar-refractivity contribution in [2.24, 2.45) is 11.8 Å². The van der Waals surface area contributed by atoms with E-state index in [2.05, 4.69) is 24.2 Å². The Kier molecular flexibility index (Phi) is 5.92. The van der Waals surface area contributed by atoms with Crippen LogP contribution in [0.4, 0.5) is 0 Å². The quantitative estimate of drug-likeness (QED) is 0.437. The highest BCUT2D eigenvalue weighted by atomic mass is 16.2. The Morgan fingerprint density at radius 3 is 2.41 bits per heavy atom. The highest BCUT2D eigenvalue weighted by Gasteiger charge is 2.29. The lowest BCUT2D eigenvalue weighted by Gasteiger charge is -2.39. The molecule has 1 saturated carbocycles. The molecule has 0 aliphatic heterocycles. The van der Waals surface area contributed by atoms with Crippen LogP contribution < -0.4 is 11.3 Å². The largest absolute Gasteiger partial charge is 0.297 e. The van der Waals surface area contributed by atoms with Crippen molar-refractivity contribution in [3.8, 4) is 0 Å². The highest BCUT2D eigenvalue weighted by molar-refractivity contribution is 5.78. The average molecular weight is 241 g/mol. The van der Waals surface area contributed by atoms with Crippen molar-refractivity contribution in [3.63, 3.8) is 0 Å². The van der Waals surface area contributed by atoms with Gasteiger partial charge in [0.25, 0.3) is 0 Å². The van der Waals surface area contributed by atoms with Crippen LogP contribution in [-0.2, 0) is 4.79 Å². The molecule has 0 aromatic rings. The minimum absolute atomic E-state index is 0.0538.